The zero-order valence-corrected chi connectivity index (χ0v) is 33.9. The number of hydrogen-bond donors (Lipinski definition) is 3. The molecule has 290 valence electrons. The average Bonchev–Trinajstić information content (AvgIpc) is 3.62. The fourth-order valence-corrected chi connectivity index (χ4v) is 13.5. The molecule has 53 heavy (non-hydrogen) atoms. The van der Waals surface area contributed by atoms with Gasteiger partial charge in [0, 0.05) is 17.3 Å². The zero-order chi connectivity index (χ0) is 38.4. The number of carboxylic acid groups (broad SMARTS) is 1. The van der Waals surface area contributed by atoms with Gasteiger partial charge in [0.05, 0.1) is 29.4 Å². The van der Waals surface area contributed by atoms with Gasteiger partial charge in [0.25, 0.3) is 0 Å². The lowest BCUT2D eigenvalue weighted by molar-refractivity contribution is -0.233. The Bertz CT molecular complexity index is 1790. The molecule has 0 spiro atoms. The van der Waals surface area contributed by atoms with Crippen LogP contribution in [0.25, 0.3) is 11.0 Å². The number of nitrogens with zero attached hydrogens (tertiary/aromatic N) is 1. The number of ether oxygens (including phenoxy) is 1. The number of Topliss-reactive ketones (excluding diaryl/α,β-unsaturated/α-hetero) is 1. The van der Waals surface area contributed by atoms with Gasteiger partial charge in [0.15, 0.2) is 5.78 Å². The number of imidazole rings is 1. The van der Waals surface area contributed by atoms with Gasteiger partial charge in [0.1, 0.15) is 11.9 Å². The fourth-order valence-electron chi connectivity index (χ4n) is 13.5. The molecular formula is C45H65N3O5. The van der Waals surface area contributed by atoms with Crippen LogP contribution in [-0.2, 0) is 25.7 Å². The van der Waals surface area contributed by atoms with E-state index in [1.54, 1.807) is 13.8 Å². The van der Waals surface area contributed by atoms with Crippen LogP contribution in [0.4, 0.5) is 0 Å². The number of aromatic amines is 1. The first-order valence-corrected chi connectivity index (χ1v) is 20.6. The zero-order valence-electron chi connectivity index (χ0n) is 33.9. The number of benzene rings is 1. The van der Waals surface area contributed by atoms with Gasteiger partial charge >= 0.3 is 11.9 Å². The fraction of sp³-hybridized carbons (Fsp3) is 0.733. The third-order valence-corrected chi connectivity index (χ3v) is 16.5. The summed E-state index contributed by atoms with van der Waals surface area (Å²) in [5.74, 6) is 1.57. The first-order valence-electron chi connectivity index (χ1n) is 20.6. The molecule has 5 aliphatic carbocycles. The summed E-state index contributed by atoms with van der Waals surface area (Å²) in [5.41, 5.74) is 3.66. The van der Waals surface area contributed by atoms with Gasteiger partial charge in [-0.3, -0.25) is 14.4 Å². The molecule has 4 saturated carbocycles. The lowest BCUT2D eigenvalue weighted by Gasteiger charge is -2.72. The van der Waals surface area contributed by atoms with Gasteiger partial charge in [-0.2, -0.15) is 0 Å². The van der Waals surface area contributed by atoms with E-state index in [1.807, 2.05) is 18.2 Å². The van der Waals surface area contributed by atoms with Gasteiger partial charge < -0.3 is 20.1 Å². The van der Waals surface area contributed by atoms with Crippen molar-refractivity contribution in [3.8, 4) is 0 Å². The van der Waals surface area contributed by atoms with Crippen molar-refractivity contribution in [3.63, 3.8) is 0 Å². The van der Waals surface area contributed by atoms with Crippen LogP contribution < -0.4 is 5.32 Å². The summed E-state index contributed by atoms with van der Waals surface area (Å²) in [4.78, 5) is 47.1. The molecule has 1 aromatic carbocycles. The van der Waals surface area contributed by atoms with Crippen molar-refractivity contribution >= 4 is 28.8 Å². The molecule has 8 nitrogen and oxygen atoms in total. The summed E-state index contributed by atoms with van der Waals surface area (Å²) in [7, 11) is 0. The number of carbonyl (C=O) groups is 3. The Labute approximate surface area is 317 Å². The average molecular weight is 728 g/mol. The Morgan fingerprint density at radius 1 is 0.981 bits per heavy atom. The van der Waals surface area contributed by atoms with E-state index in [0.29, 0.717) is 36.5 Å². The second-order valence-corrected chi connectivity index (χ2v) is 20.3. The normalized spacial score (nSPS) is 36.5. The van der Waals surface area contributed by atoms with Crippen LogP contribution >= 0.6 is 0 Å². The summed E-state index contributed by atoms with van der Waals surface area (Å²) in [5, 5.41) is 13.3. The Morgan fingerprint density at radius 3 is 2.42 bits per heavy atom. The summed E-state index contributed by atoms with van der Waals surface area (Å²) in [6.07, 6.45) is 9.90. The highest BCUT2D eigenvalue weighted by Gasteiger charge is 2.70. The number of aliphatic carboxylic acids is 1. The number of para-hydroxylation sites is 2. The number of rotatable bonds is 10. The van der Waals surface area contributed by atoms with Gasteiger partial charge in [0.2, 0.25) is 0 Å². The SMILES string of the molecule is CC(C)C1=C2[C@H]3CC[C@@H]4[C@@]5(C)CC[C@H](OC(=O)CC(C)(C)C(=O)O)C(C)(C)[C@@H]5CC[C@@]4(C)[C@]3(C)CCC2(CCNCc2nc3ccccc3[nH]2)CC1=O. The summed E-state index contributed by atoms with van der Waals surface area (Å²) >= 11 is 0. The molecule has 8 heteroatoms. The second-order valence-electron chi connectivity index (χ2n) is 20.3. The molecule has 0 saturated heterocycles. The molecule has 0 aliphatic heterocycles. The number of carboxylic acids is 1. The van der Waals surface area contributed by atoms with Crippen LogP contribution in [-0.4, -0.2) is 45.4 Å². The number of nitrogens with one attached hydrogen (secondary N) is 2. The van der Waals surface area contributed by atoms with E-state index in [1.165, 1.54) is 12.0 Å². The van der Waals surface area contributed by atoms with Crippen LogP contribution in [0, 0.1) is 56.2 Å². The maximum absolute atomic E-state index is 14.1. The Balaban J connectivity index is 1.11. The van der Waals surface area contributed by atoms with Crippen LogP contribution in [0.3, 0.4) is 0 Å². The third-order valence-electron chi connectivity index (χ3n) is 16.5. The largest absolute Gasteiger partial charge is 0.481 e. The van der Waals surface area contributed by atoms with E-state index in [-0.39, 0.29) is 45.5 Å². The molecule has 1 heterocycles. The van der Waals surface area contributed by atoms with Crippen molar-refractivity contribution in [2.75, 3.05) is 6.54 Å². The number of allylic oxidation sites excluding steroid dienone is 2. The minimum Gasteiger partial charge on any atom is -0.481 e. The Kier molecular flexibility index (Phi) is 9.43. The van der Waals surface area contributed by atoms with Gasteiger partial charge in [-0.1, -0.05) is 66.2 Å². The number of fused-ring (bicyclic) bond motifs is 8. The minimum atomic E-state index is -1.15. The Hall–Kier alpha value is -3.00. The van der Waals surface area contributed by atoms with Gasteiger partial charge in [-0.05, 0) is 136 Å². The van der Waals surface area contributed by atoms with Crippen molar-refractivity contribution in [1.82, 2.24) is 15.3 Å². The summed E-state index contributed by atoms with van der Waals surface area (Å²) in [6, 6.07) is 8.16. The monoisotopic (exact) mass is 727 g/mol. The van der Waals surface area contributed by atoms with E-state index in [4.69, 9.17) is 9.72 Å². The number of esters is 1. The van der Waals surface area contributed by atoms with Crippen molar-refractivity contribution in [1.29, 1.82) is 0 Å². The molecule has 0 bridgehead atoms. The second kappa shape index (κ2) is 13.1. The number of ketones is 1. The molecule has 4 fully saturated rings. The topological polar surface area (TPSA) is 121 Å². The number of hydrogen-bond acceptors (Lipinski definition) is 6. The molecule has 1 unspecified atom stereocenters. The molecule has 5 aliphatic rings. The van der Waals surface area contributed by atoms with Crippen LogP contribution in [0.15, 0.2) is 35.4 Å². The van der Waals surface area contributed by atoms with Gasteiger partial charge in [-0.15, -0.1) is 0 Å². The molecule has 8 atom stereocenters. The predicted molar refractivity (Wildman–Crippen MR) is 208 cm³/mol. The molecule has 0 amide bonds. The van der Waals surface area contributed by atoms with Gasteiger partial charge in [-0.25, -0.2) is 4.98 Å². The van der Waals surface area contributed by atoms with Crippen molar-refractivity contribution in [2.45, 2.75) is 146 Å². The molecule has 7 rings (SSSR count). The molecule has 3 N–H and O–H groups in total. The molecule has 0 radical (unpaired) electrons. The first kappa shape index (κ1) is 38.3. The predicted octanol–water partition coefficient (Wildman–Crippen LogP) is 9.44. The highest BCUT2D eigenvalue weighted by atomic mass is 16.5. The lowest BCUT2D eigenvalue weighted by atomic mass is 9.33. The standard InChI is InChI=1S/C45H65N3O5/c1-27(2)37-31(49)24-45(22-23-46-26-35-47-29-12-10-11-13-30(29)48-35)21-20-43(8)28(38(37)45)14-15-33-42(7)18-17-34(53-36(50)25-40(3,4)39(51)52)41(5,6)32(42)16-19-44(33,43)9/h10-13,27-28,32-34,46H,14-26H2,1-9H3,(H,47,48)(H,51,52)/t28-,32+,33-,34+,42+,43-,44-,45?/m1/s1. The quantitative estimate of drug-likeness (QED) is 0.165. The lowest BCUT2D eigenvalue weighted by Crippen LogP contribution is -2.65. The highest BCUT2D eigenvalue weighted by Crippen LogP contribution is 2.77. The van der Waals surface area contributed by atoms with Crippen molar-refractivity contribution in [2.24, 2.45) is 56.2 Å². The molecule has 1 aromatic heterocycles. The van der Waals surface area contributed by atoms with E-state index in [9.17, 15) is 19.5 Å². The van der Waals surface area contributed by atoms with E-state index >= 15 is 0 Å². The summed E-state index contributed by atoms with van der Waals surface area (Å²) < 4.78 is 6.18. The van der Waals surface area contributed by atoms with E-state index < -0.39 is 17.4 Å². The van der Waals surface area contributed by atoms with E-state index in [2.05, 4.69) is 64.8 Å². The smallest absolute Gasteiger partial charge is 0.309 e. The van der Waals surface area contributed by atoms with Crippen molar-refractivity contribution in [3.05, 3.63) is 41.2 Å². The molecular weight excluding hydrogens is 663 g/mol. The van der Waals surface area contributed by atoms with Crippen LogP contribution in [0.2, 0.25) is 0 Å². The highest BCUT2D eigenvalue weighted by molar-refractivity contribution is 6.00. The number of carbonyl (C=O) groups excluding carboxylic acids is 2. The molecule has 2 aromatic rings. The number of H-pyrrole nitrogens is 1. The van der Waals surface area contributed by atoms with Crippen LogP contribution in [0.5, 0.6) is 0 Å². The van der Waals surface area contributed by atoms with E-state index in [0.717, 1.165) is 80.3 Å². The minimum absolute atomic E-state index is 0.0643. The maximum Gasteiger partial charge on any atom is 0.309 e. The first-order chi connectivity index (χ1) is 24.8. The van der Waals surface area contributed by atoms with Crippen molar-refractivity contribution < 1.29 is 24.2 Å². The summed E-state index contributed by atoms with van der Waals surface area (Å²) in [6.45, 7) is 21.6. The third kappa shape index (κ3) is 5.94. The number of aromatic nitrogens is 2. The van der Waals surface area contributed by atoms with Crippen LogP contribution in [0.1, 0.15) is 139 Å². The Morgan fingerprint density at radius 2 is 1.72 bits per heavy atom. The maximum atomic E-state index is 14.1.